The van der Waals surface area contributed by atoms with Crippen LogP contribution in [0, 0.1) is 12.7 Å². The van der Waals surface area contributed by atoms with Crippen molar-refractivity contribution in [2.75, 3.05) is 5.73 Å². The quantitative estimate of drug-likeness (QED) is 0.893. The summed E-state index contributed by atoms with van der Waals surface area (Å²) in [7, 11) is 0. The van der Waals surface area contributed by atoms with Gasteiger partial charge in [-0.05, 0) is 30.0 Å². The van der Waals surface area contributed by atoms with Crippen LogP contribution in [0.2, 0.25) is 0 Å². The maximum Gasteiger partial charge on any atom is 0.255 e. The van der Waals surface area contributed by atoms with E-state index in [1.807, 2.05) is 18.4 Å². The SMILES string of the molecule is Cc1ccsc1CNC(=O)c1cc(F)cnc1N. The first-order chi connectivity index (χ1) is 8.58. The summed E-state index contributed by atoms with van der Waals surface area (Å²) in [5.41, 5.74) is 6.71. The highest BCUT2D eigenvalue weighted by Crippen LogP contribution is 2.16. The van der Waals surface area contributed by atoms with Gasteiger partial charge >= 0.3 is 0 Å². The summed E-state index contributed by atoms with van der Waals surface area (Å²) in [6.07, 6.45) is 0.982. The second kappa shape index (κ2) is 5.14. The molecule has 0 bridgehead atoms. The first-order valence-electron chi connectivity index (χ1n) is 5.30. The third-order valence-corrected chi connectivity index (χ3v) is 3.53. The Balaban J connectivity index is 2.08. The molecule has 0 spiro atoms. The van der Waals surface area contributed by atoms with Gasteiger partial charge in [0.2, 0.25) is 0 Å². The van der Waals surface area contributed by atoms with Gasteiger partial charge in [-0.25, -0.2) is 9.37 Å². The molecule has 0 saturated heterocycles. The number of thiophene rings is 1. The van der Waals surface area contributed by atoms with E-state index in [4.69, 9.17) is 5.73 Å². The van der Waals surface area contributed by atoms with Crippen LogP contribution >= 0.6 is 11.3 Å². The average molecular weight is 265 g/mol. The van der Waals surface area contributed by atoms with Crippen molar-refractivity contribution in [2.24, 2.45) is 0 Å². The highest BCUT2D eigenvalue weighted by atomic mass is 32.1. The monoisotopic (exact) mass is 265 g/mol. The molecule has 18 heavy (non-hydrogen) atoms. The van der Waals surface area contributed by atoms with Crippen LogP contribution < -0.4 is 11.1 Å². The molecule has 2 aromatic heterocycles. The molecule has 0 aliphatic rings. The number of hydrogen-bond acceptors (Lipinski definition) is 4. The van der Waals surface area contributed by atoms with Crippen molar-refractivity contribution in [3.8, 4) is 0 Å². The number of carbonyl (C=O) groups excluding carboxylic acids is 1. The van der Waals surface area contributed by atoms with E-state index in [1.54, 1.807) is 11.3 Å². The fourth-order valence-electron chi connectivity index (χ4n) is 1.47. The smallest absolute Gasteiger partial charge is 0.255 e. The Hall–Kier alpha value is -1.95. The van der Waals surface area contributed by atoms with Crippen LogP contribution in [0.5, 0.6) is 0 Å². The third-order valence-electron chi connectivity index (χ3n) is 2.51. The van der Waals surface area contributed by atoms with E-state index >= 15 is 0 Å². The number of rotatable bonds is 3. The average Bonchev–Trinajstić information content (AvgIpc) is 2.75. The lowest BCUT2D eigenvalue weighted by atomic mass is 10.2. The van der Waals surface area contributed by atoms with Crippen molar-refractivity contribution in [2.45, 2.75) is 13.5 Å². The van der Waals surface area contributed by atoms with E-state index in [0.29, 0.717) is 6.54 Å². The zero-order valence-corrected chi connectivity index (χ0v) is 10.6. The Morgan fingerprint density at radius 1 is 1.61 bits per heavy atom. The number of nitrogen functional groups attached to an aromatic ring is 1. The molecule has 0 saturated carbocycles. The normalized spacial score (nSPS) is 10.3. The van der Waals surface area contributed by atoms with Crippen molar-refractivity contribution in [3.63, 3.8) is 0 Å². The summed E-state index contributed by atoms with van der Waals surface area (Å²) >= 11 is 1.56. The minimum Gasteiger partial charge on any atom is -0.383 e. The van der Waals surface area contributed by atoms with Crippen molar-refractivity contribution in [1.82, 2.24) is 10.3 Å². The minimum absolute atomic E-state index is 0.0248. The first kappa shape index (κ1) is 12.5. The number of carbonyl (C=O) groups is 1. The topological polar surface area (TPSA) is 68.0 Å². The molecule has 2 heterocycles. The lowest BCUT2D eigenvalue weighted by molar-refractivity contribution is 0.0951. The van der Waals surface area contributed by atoms with E-state index in [0.717, 1.165) is 22.7 Å². The number of amides is 1. The number of pyridine rings is 1. The Morgan fingerprint density at radius 2 is 2.39 bits per heavy atom. The zero-order chi connectivity index (χ0) is 13.1. The Morgan fingerprint density at radius 3 is 3.06 bits per heavy atom. The molecule has 3 N–H and O–H groups in total. The van der Waals surface area contributed by atoms with Gasteiger partial charge in [-0.15, -0.1) is 11.3 Å². The summed E-state index contributed by atoms with van der Waals surface area (Å²) in [6.45, 7) is 2.37. The largest absolute Gasteiger partial charge is 0.383 e. The van der Waals surface area contributed by atoms with Crippen LogP contribution in [0.3, 0.4) is 0 Å². The number of hydrogen-bond donors (Lipinski definition) is 2. The zero-order valence-electron chi connectivity index (χ0n) is 9.74. The van der Waals surface area contributed by atoms with E-state index in [-0.39, 0.29) is 11.4 Å². The van der Waals surface area contributed by atoms with Gasteiger partial charge < -0.3 is 11.1 Å². The summed E-state index contributed by atoms with van der Waals surface area (Å²) in [5, 5.41) is 4.65. The number of nitrogens with two attached hydrogens (primary N) is 1. The molecule has 6 heteroatoms. The van der Waals surface area contributed by atoms with Gasteiger partial charge in [0.25, 0.3) is 5.91 Å². The predicted octanol–water partition coefficient (Wildman–Crippen LogP) is 2.10. The number of nitrogens with zero attached hydrogens (tertiary/aromatic N) is 1. The van der Waals surface area contributed by atoms with Gasteiger partial charge in [-0.2, -0.15) is 0 Å². The number of aryl methyl sites for hydroxylation is 1. The predicted molar refractivity (Wildman–Crippen MR) is 68.8 cm³/mol. The van der Waals surface area contributed by atoms with Gasteiger partial charge in [0.1, 0.15) is 11.6 Å². The second-order valence-electron chi connectivity index (χ2n) is 3.80. The van der Waals surface area contributed by atoms with Crippen LogP contribution in [0.1, 0.15) is 20.8 Å². The molecule has 1 amide bonds. The van der Waals surface area contributed by atoms with Crippen LogP contribution in [0.15, 0.2) is 23.7 Å². The summed E-state index contributed by atoms with van der Waals surface area (Å²) < 4.78 is 13.0. The highest BCUT2D eigenvalue weighted by Gasteiger charge is 2.12. The molecular weight excluding hydrogens is 253 g/mol. The van der Waals surface area contributed by atoms with Gasteiger partial charge in [-0.1, -0.05) is 0 Å². The van der Waals surface area contributed by atoms with Gasteiger partial charge in [0.15, 0.2) is 0 Å². The molecule has 2 rings (SSSR count). The minimum atomic E-state index is -0.582. The molecule has 0 aliphatic carbocycles. The maximum atomic E-state index is 13.0. The van der Waals surface area contributed by atoms with Crippen molar-refractivity contribution < 1.29 is 9.18 Å². The van der Waals surface area contributed by atoms with Crippen LogP contribution in [-0.2, 0) is 6.54 Å². The van der Waals surface area contributed by atoms with Gasteiger partial charge in [-0.3, -0.25) is 4.79 Å². The molecule has 0 radical (unpaired) electrons. The Labute approximate surface area is 108 Å². The van der Waals surface area contributed by atoms with Gasteiger partial charge in [0.05, 0.1) is 18.3 Å². The molecule has 0 atom stereocenters. The van der Waals surface area contributed by atoms with E-state index in [9.17, 15) is 9.18 Å². The van der Waals surface area contributed by atoms with Crippen LogP contribution in [0.4, 0.5) is 10.2 Å². The molecule has 2 aromatic rings. The molecule has 0 unspecified atom stereocenters. The molecule has 4 nitrogen and oxygen atoms in total. The summed E-state index contributed by atoms with van der Waals surface area (Å²) in [5.74, 6) is -0.981. The van der Waals surface area contributed by atoms with Crippen LogP contribution in [-0.4, -0.2) is 10.9 Å². The van der Waals surface area contributed by atoms with Crippen molar-refractivity contribution in [1.29, 1.82) is 0 Å². The summed E-state index contributed by atoms with van der Waals surface area (Å²) in [4.78, 5) is 16.5. The summed E-state index contributed by atoms with van der Waals surface area (Å²) in [6, 6.07) is 3.06. The number of nitrogens with one attached hydrogen (secondary N) is 1. The van der Waals surface area contributed by atoms with Crippen LogP contribution in [0.25, 0.3) is 0 Å². The fourth-order valence-corrected chi connectivity index (χ4v) is 2.32. The standard InChI is InChI=1S/C12H12FN3OS/c1-7-2-3-18-10(7)6-16-12(17)9-4-8(13)5-15-11(9)14/h2-5H,6H2,1H3,(H2,14,15)(H,16,17). The third kappa shape index (κ3) is 2.65. The van der Waals surface area contributed by atoms with Crippen molar-refractivity contribution in [3.05, 3.63) is 45.5 Å². The maximum absolute atomic E-state index is 13.0. The number of aromatic nitrogens is 1. The van der Waals surface area contributed by atoms with E-state index < -0.39 is 11.7 Å². The molecule has 0 fully saturated rings. The Bertz CT molecular complexity index is 582. The van der Waals surface area contributed by atoms with E-state index in [1.165, 1.54) is 0 Å². The highest BCUT2D eigenvalue weighted by molar-refractivity contribution is 7.10. The van der Waals surface area contributed by atoms with Gasteiger partial charge in [0, 0.05) is 4.88 Å². The molecule has 0 aliphatic heterocycles. The lowest BCUT2D eigenvalue weighted by Crippen LogP contribution is -2.24. The molecule has 94 valence electrons. The number of halogens is 1. The van der Waals surface area contributed by atoms with E-state index in [2.05, 4.69) is 10.3 Å². The van der Waals surface area contributed by atoms with Crippen molar-refractivity contribution >= 4 is 23.1 Å². The fraction of sp³-hybridized carbons (Fsp3) is 0.167. The molecular formula is C12H12FN3OS. The molecule has 0 aromatic carbocycles. The first-order valence-corrected chi connectivity index (χ1v) is 6.18. The second-order valence-corrected chi connectivity index (χ2v) is 4.80. The number of anilines is 1. The lowest BCUT2D eigenvalue weighted by Gasteiger charge is -2.06. The Kier molecular flexibility index (Phi) is 3.57.